The quantitative estimate of drug-likeness (QED) is 0.872. The molecule has 0 spiro atoms. The topological polar surface area (TPSA) is 42.5 Å². The molecule has 2 N–H and O–H groups in total. The van der Waals surface area contributed by atoms with Crippen molar-refractivity contribution >= 4 is 11.4 Å². The molecular formula is C20H24N2O2. The average molecular weight is 324 g/mol. The molecule has 0 unspecified atom stereocenters. The Morgan fingerprint density at radius 1 is 1.00 bits per heavy atom. The normalized spacial score (nSPS) is 24.5. The number of ether oxygens (including phenoxy) is 2. The van der Waals surface area contributed by atoms with Crippen LogP contribution in [0.15, 0.2) is 42.5 Å². The van der Waals surface area contributed by atoms with Crippen LogP contribution in [0.4, 0.5) is 11.4 Å². The zero-order chi connectivity index (χ0) is 16.5. The van der Waals surface area contributed by atoms with E-state index >= 15 is 0 Å². The summed E-state index contributed by atoms with van der Waals surface area (Å²) in [6.45, 7) is 0. The lowest BCUT2D eigenvalue weighted by Gasteiger charge is -2.38. The van der Waals surface area contributed by atoms with E-state index in [-0.39, 0.29) is 0 Å². The Hall–Kier alpha value is -2.36. The zero-order valence-corrected chi connectivity index (χ0v) is 14.2. The fraction of sp³-hybridized carbons (Fsp3) is 0.400. The van der Waals surface area contributed by atoms with Gasteiger partial charge in [-0.3, -0.25) is 0 Å². The molecule has 1 fully saturated rings. The minimum absolute atomic E-state index is 0.312. The summed E-state index contributed by atoms with van der Waals surface area (Å²) >= 11 is 0. The highest BCUT2D eigenvalue weighted by atomic mass is 16.5. The summed E-state index contributed by atoms with van der Waals surface area (Å²) in [6, 6.07) is 15.4. The number of nitrogens with one attached hydrogen (secondary N) is 2. The van der Waals surface area contributed by atoms with Gasteiger partial charge in [0, 0.05) is 35.5 Å². The Morgan fingerprint density at radius 2 is 1.83 bits per heavy atom. The first kappa shape index (κ1) is 15.2. The van der Waals surface area contributed by atoms with Crippen LogP contribution in [-0.4, -0.2) is 20.3 Å². The van der Waals surface area contributed by atoms with Crippen LogP contribution in [-0.2, 0) is 0 Å². The second-order valence-electron chi connectivity index (χ2n) is 6.65. The van der Waals surface area contributed by atoms with E-state index < -0.39 is 0 Å². The third-order valence-corrected chi connectivity index (χ3v) is 5.33. The minimum Gasteiger partial charge on any atom is -0.497 e. The average Bonchev–Trinajstić information content (AvgIpc) is 3.09. The number of benzene rings is 2. The summed E-state index contributed by atoms with van der Waals surface area (Å²) in [5, 5.41) is 7.49. The Labute approximate surface area is 143 Å². The molecule has 1 heterocycles. The molecule has 0 radical (unpaired) electrons. The van der Waals surface area contributed by atoms with Crippen LogP contribution < -0.4 is 20.1 Å². The Bertz CT molecular complexity index is 731. The summed E-state index contributed by atoms with van der Waals surface area (Å²) in [4.78, 5) is 0. The van der Waals surface area contributed by atoms with Crippen LogP contribution in [0.5, 0.6) is 11.5 Å². The summed E-state index contributed by atoms with van der Waals surface area (Å²) in [5.41, 5.74) is 3.62. The van der Waals surface area contributed by atoms with Gasteiger partial charge in [0.05, 0.1) is 20.3 Å². The van der Waals surface area contributed by atoms with Crippen LogP contribution in [0.1, 0.15) is 30.9 Å². The lowest BCUT2D eigenvalue weighted by Crippen LogP contribution is -2.37. The first-order chi connectivity index (χ1) is 11.8. The molecule has 0 amide bonds. The molecule has 1 aliphatic carbocycles. The summed E-state index contributed by atoms with van der Waals surface area (Å²) in [6.07, 6.45) is 3.77. The monoisotopic (exact) mass is 324 g/mol. The summed E-state index contributed by atoms with van der Waals surface area (Å²) < 4.78 is 10.8. The van der Waals surface area contributed by atoms with Gasteiger partial charge in [-0.25, -0.2) is 0 Å². The molecule has 0 bridgehead atoms. The SMILES string of the molecule is COc1cccc(N[C@H]2c3ccc(OC)cc3N[C@H]3CCC[C@@H]32)c1. The molecule has 4 heteroatoms. The van der Waals surface area contributed by atoms with Gasteiger partial charge < -0.3 is 20.1 Å². The minimum atomic E-state index is 0.312. The van der Waals surface area contributed by atoms with Crippen molar-refractivity contribution < 1.29 is 9.47 Å². The summed E-state index contributed by atoms with van der Waals surface area (Å²) in [5.74, 6) is 2.39. The molecule has 0 aromatic heterocycles. The number of fused-ring (bicyclic) bond motifs is 2. The lowest BCUT2D eigenvalue weighted by atomic mass is 9.84. The number of rotatable bonds is 4. The van der Waals surface area contributed by atoms with Gasteiger partial charge in [-0.15, -0.1) is 0 Å². The van der Waals surface area contributed by atoms with Gasteiger partial charge in [0.2, 0.25) is 0 Å². The molecule has 4 rings (SSSR count). The maximum Gasteiger partial charge on any atom is 0.120 e. The molecule has 2 aliphatic rings. The van der Waals surface area contributed by atoms with E-state index in [0.717, 1.165) is 17.2 Å². The van der Waals surface area contributed by atoms with Gasteiger partial charge in [-0.1, -0.05) is 18.6 Å². The van der Waals surface area contributed by atoms with E-state index in [9.17, 15) is 0 Å². The number of hydrogen-bond acceptors (Lipinski definition) is 4. The van der Waals surface area contributed by atoms with Gasteiger partial charge >= 0.3 is 0 Å². The second kappa shape index (κ2) is 6.27. The molecule has 2 aromatic rings. The first-order valence-corrected chi connectivity index (χ1v) is 8.63. The maximum absolute atomic E-state index is 5.40. The van der Waals surface area contributed by atoms with Crippen molar-refractivity contribution in [3.05, 3.63) is 48.0 Å². The molecule has 126 valence electrons. The molecule has 24 heavy (non-hydrogen) atoms. The van der Waals surface area contributed by atoms with E-state index in [4.69, 9.17) is 9.47 Å². The highest BCUT2D eigenvalue weighted by molar-refractivity contribution is 5.62. The van der Waals surface area contributed by atoms with Gasteiger partial charge in [0.25, 0.3) is 0 Å². The third kappa shape index (κ3) is 2.66. The van der Waals surface area contributed by atoms with E-state index in [1.807, 2.05) is 12.1 Å². The van der Waals surface area contributed by atoms with E-state index in [1.165, 1.54) is 30.5 Å². The van der Waals surface area contributed by atoms with E-state index in [1.54, 1.807) is 14.2 Å². The van der Waals surface area contributed by atoms with Crippen molar-refractivity contribution in [2.45, 2.75) is 31.3 Å². The van der Waals surface area contributed by atoms with Crippen molar-refractivity contribution in [1.82, 2.24) is 0 Å². The fourth-order valence-electron chi connectivity index (χ4n) is 4.13. The van der Waals surface area contributed by atoms with E-state index in [2.05, 4.69) is 41.0 Å². The molecule has 1 saturated carbocycles. The van der Waals surface area contributed by atoms with Crippen molar-refractivity contribution in [1.29, 1.82) is 0 Å². The van der Waals surface area contributed by atoms with Crippen LogP contribution >= 0.6 is 0 Å². The largest absolute Gasteiger partial charge is 0.497 e. The fourth-order valence-corrected chi connectivity index (χ4v) is 4.13. The van der Waals surface area contributed by atoms with Crippen molar-refractivity contribution in [3.63, 3.8) is 0 Å². The Morgan fingerprint density at radius 3 is 2.67 bits per heavy atom. The number of methoxy groups -OCH3 is 2. The van der Waals surface area contributed by atoms with Gasteiger partial charge in [0.1, 0.15) is 11.5 Å². The second-order valence-corrected chi connectivity index (χ2v) is 6.65. The molecule has 0 saturated heterocycles. The predicted molar refractivity (Wildman–Crippen MR) is 97.1 cm³/mol. The number of anilines is 2. The molecule has 2 aromatic carbocycles. The van der Waals surface area contributed by atoms with E-state index in [0.29, 0.717) is 18.0 Å². The first-order valence-electron chi connectivity index (χ1n) is 8.63. The molecular weight excluding hydrogens is 300 g/mol. The maximum atomic E-state index is 5.40. The van der Waals surface area contributed by atoms with Crippen molar-refractivity contribution in [2.75, 3.05) is 24.9 Å². The smallest absolute Gasteiger partial charge is 0.120 e. The van der Waals surface area contributed by atoms with Crippen molar-refractivity contribution in [2.24, 2.45) is 5.92 Å². The lowest BCUT2D eigenvalue weighted by molar-refractivity contribution is 0.407. The van der Waals surface area contributed by atoms with Gasteiger partial charge in [0.15, 0.2) is 0 Å². The van der Waals surface area contributed by atoms with Gasteiger partial charge in [-0.2, -0.15) is 0 Å². The highest BCUT2D eigenvalue weighted by Crippen LogP contribution is 2.46. The summed E-state index contributed by atoms with van der Waals surface area (Å²) in [7, 11) is 3.42. The zero-order valence-electron chi connectivity index (χ0n) is 14.2. The standard InChI is InChI=1S/C20H24N2O2/c1-23-14-6-3-5-13(11-14)21-20-16-7-4-8-18(16)22-19-12-15(24-2)9-10-17(19)20/h3,5-6,9-12,16,18,20-22H,4,7-8H2,1-2H3/t16-,18-,20+/m0/s1. The van der Waals surface area contributed by atoms with Gasteiger partial charge in [-0.05, 0) is 36.6 Å². The van der Waals surface area contributed by atoms with Crippen molar-refractivity contribution in [3.8, 4) is 11.5 Å². The van der Waals surface area contributed by atoms with Crippen LogP contribution in [0.2, 0.25) is 0 Å². The Kier molecular flexibility index (Phi) is 3.97. The molecule has 4 nitrogen and oxygen atoms in total. The molecule has 3 atom stereocenters. The predicted octanol–water partition coefficient (Wildman–Crippen LogP) is 4.45. The Balaban J connectivity index is 1.69. The highest BCUT2D eigenvalue weighted by Gasteiger charge is 2.39. The van der Waals surface area contributed by atoms with Crippen LogP contribution in [0, 0.1) is 5.92 Å². The van der Waals surface area contributed by atoms with Crippen LogP contribution in [0.25, 0.3) is 0 Å². The third-order valence-electron chi connectivity index (χ3n) is 5.33. The number of hydrogen-bond donors (Lipinski definition) is 2. The molecule has 1 aliphatic heterocycles. The van der Waals surface area contributed by atoms with Crippen LogP contribution in [0.3, 0.4) is 0 Å².